The van der Waals surface area contributed by atoms with Gasteiger partial charge in [-0.2, -0.15) is 0 Å². The normalized spacial score (nSPS) is 11.6. The molecule has 11 heteroatoms. The first-order chi connectivity index (χ1) is 16.7. The largest absolute Gasteiger partial charge is 0.465 e. The highest BCUT2D eigenvalue weighted by Crippen LogP contribution is 2.23. The zero-order valence-corrected chi connectivity index (χ0v) is 21.4. The van der Waals surface area contributed by atoms with Gasteiger partial charge in [-0.15, -0.1) is 10.2 Å². The highest BCUT2D eigenvalue weighted by molar-refractivity contribution is 7.99. The zero-order valence-electron chi connectivity index (χ0n) is 19.8. The quantitative estimate of drug-likeness (QED) is 0.323. The lowest BCUT2D eigenvalue weighted by Crippen LogP contribution is -2.28. The molecule has 0 aliphatic rings. The number of aryl methyl sites for hydroxylation is 1. The van der Waals surface area contributed by atoms with E-state index in [0.29, 0.717) is 28.8 Å². The Morgan fingerprint density at radius 1 is 1.14 bits per heavy atom. The second-order valence-corrected chi connectivity index (χ2v) is 9.02. The number of benzene rings is 2. The summed E-state index contributed by atoms with van der Waals surface area (Å²) in [5.41, 5.74) is 2.22. The Bertz CT molecular complexity index is 1230. The van der Waals surface area contributed by atoms with Crippen molar-refractivity contribution in [3.63, 3.8) is 0 Å². The molecular weight excluding hydrogens is 490 g/mol. The summed E-state index contributed by atoms with van der Waals surface area (Å²) >= 11 is 7.24. The number of carbonyl (C=O) groups is 3. The number of thioether (sulfide) groups is 1. The number of hydrogen-bond donors (Lipinski definition) is 2. The van der Waals surface area contributed by atoms with Gasteiger partial charge >= 0.3 is 5.97 Å². The van der Waals surface area contributed by atoms with Gasteiger partial charge in [0.1, 0.15) is 0 Å². The fourth-order valence-electron chi connectivity index (χ4n) is 3.27. The van der Waals surface area contributed by atoms with E-state index in [2.05, 4.69) is 20.8 Å². The molecule has 3 rings (SSSR count). The van der Waals surface area contributed by atoms with Gasteiger partial charge in [-0.3, -0.25) is 9.59 Å². The van der Waals surface area contributed by atoms with Crippen LogP contribution in [0.15, 0.2) is 47.6 Å². The molecule has 1 aromatic heterocycles. The number of nitrogens with one attached hydrogen (secondary N) is 2. The maximum Gasteiger partial charge on any atom is 0.339 e. The molecule has 184 valence electrons. The third kappa shape index (κ3) is 6.61. The van der Waals surface area contributed by atoms with Gasteiger partial charge in [0, 0.05) is 17.8 Å². The van der Waals surface area contributed by atoms with Crippen LogP contribution in [-0.4, -0.2) is 45.4 Å². The molecule has 2 amide bonds. The fourth-order valence-corrected chi connectivity index (χ4v) is 4.27. The zero-order chi connectivity index (χ0) is 25.5. The Labute approximate surface area is 212 Å². The standard InChI is InChI=1S/C24H26ClN5O4S/c1-5-30-21(15(3)26-22(32)16-8-6-14(2)7-9-16)28-29-24(30)35-13-20(31)27-17-10-11-19(25)18(12-17)23(33)34-4/h6-12,15H,5,13H2,1-4H3,(H,26,32)(H,27,31). The Hall–Kier alpha value is -3.37. The van der Waals surface area contributed by atoms with Crippen molar-refractivity contribution in [1.29, 1.82) is 0 Å². The molecule has 0 aliphatic heterocycles. The van der Waals surface area contributed by atoms with Crippen molar-refractivity contribution in [2.75, 3.05) is 18.2 Å². The number of ether oxygens (including phenoxy) is 1. The number of nitrogens with zero attached hydrogens (tertiary/aromatic N) is 3. The fraction of sp³-hybridized carbons (Fsp3) is 0.292. The smallest absolute Gasteiger partial charge is 0.339 e. The van der Waals surface area contributed by atoms with Crippen molar-refractivity contribution >= 4 is 46.8 Å². The van der Waals surface area contributed by atoms with Gasteiger partial charge in [-0.25, -0.2) is 4.79 Å². The molecule has 0 saturated heterocycles. The summed E-state index contributed by atoms with van der Waals surface area (Å²) in [5, 5.41) is 14.9. The van der Waals surface area contributed by atoms with Crippen molar-refractivity contribution < 1.29 is 19.1 Å². The number of methoxy groups -OCH3 is 1. The van der Waals surface area contributed by atoms with E-state index in [0.717, 1.165) is 5.56 Å². The number of anilines is 1. The highest BCUT2D eigenvalue weighted by Gasteiger charge is 2.20. The summed E-state index contributed by atoms with van der Waals surface area (Å²) in [6.45, 7) is 6.30. The lowest BCUT2D eigenvalue weighted by Gasteiger charge is -2.15. The van der Waals surface area contributed by atoms with E-state index in [-0.39, 0.29) is 34.2 Å². The average molecular weight is 516 g/mol. The molecular formula is C24H26ClN5O4S. The van der Waals surface area contributed by atoms with E-state index >= 15 is 0 Å². The Kier molecular flexibility index (Phi) is 8.89. The molecule has 0 aliphatic carbocycles. The van der Waals surface area contributed by atoms with Crippen LogP contribution in [0.4, 0.5) is 5.69 Å². The van der Waals surface area contributed by atoms with E-state index in [1.165, 1.54) is 31.0 Å². The lowest BCUT2D eigenvalue weighted by molar-refractivity contribution is -0.113. The van der Waals surface area contributed by atoms with Gasteiger partial charge in [0.15, 0.2) is 11.0 Å². The topological polar surface area (TPSA) is 115 Å². The monoisotopic (exact) mass is 515 g/mol. The van der Waals surface area contributed by atoms with E-state index in [1.807, 2.05) is 37.5 Å². The van der Waals surface area contributed by atoms with Gasteiger partial charge in [-0.1, -0.05) is 41.1 Å². The number of amides is 2. The van der Waals surface area contributed by atoms with E-state index < -0.39 is 5.97 Å². The van der Waals surface area contributed by atoms with Crippen LogP contribution in [0.5, 0.6) is 0 Å². The Morgan fingerprint density at radius 3 is 2.51 bits per heavy atom. The van der Waals surface area contributed by atoms with E-state index in [1.54, 1.807) is 18.2 Å². The van der Waals surface area contributed by atoms with Crippen LogP contribution in [-0.2, 0) is 16.1 Å². The van der Waals surface area contributed by atoms with Gasteiger partial charge in [0.25, 0.3) is 5.91 Å². The minimum absolute atomic E-state index is 0.0679. The summed E-state index contributed by atoms with van der Waals surface area (Å²) in [6.07, 6.45) is 0. The number of esters is 1. The average Bonchev–Trinajstić information content (AvgIpc) is 3.27. The van der Waals surface area contributed by atoms with Crippen LogP contribution in [0.2, 0.25) is 5.02 Å². The predicted molar refractivity (Wildman–Crippen MR) is 135 cm³/mol. The molecule has 0 spiro atoms. The summed E-state index contributed by atoms with van der Waals surface area (Å²) < 4.78 is 6.56. The first kappa shape index (κ1) is 26.2. The molecule has 0 fully saturated rings. The summed E-state index contributed by atoms with van der Waals surface area (Å²) in [7, 11) is 1.26. The number of halogens is 1. The van der Waals surface area contributed by atoms with Crippen molar-refractivity contribution in [2.45, 2.75) is 38.5 Å². The van der Waals surface area contributed by atoms with E-state index in [4.69, 9.17) is 16.3 Å². The number of rotatable bonds is 9. The molecule has 1 unspecified atom stereocenters. The highest BCUT2D eigenvalue weighted by atomic mass is 35.5. The molecule has 2 N–H and O–H groups in total. The molecule has 3 aromatic rings. The predicted octanol–water partition coefficient (Wildman–Crippen LogP) is 4.27. The van der Waals surface area contributed by atoms with Crippen molar-refractivity contribution in [3.8, 4) is 0 Å². The van der Waals surface area contributed by atoms with Crippen LogP contribution in [0.25, 0.3) is 0 Å². The minimum Gasteiger partial charge on any atom is -0.465 e. The Morgan fingerprint density at radius 2 is 1.86 bits per heavy atom. The third-order valence-electron chi connectivity index (χ3n) is 5.10. The van der Waals surface area contributed by atoms with Gasteiger partial charge in [0.2, 0.25) is 5.91 Å². The lowest BCUT2D eigenvalue weighted by atomic mass is 10.1. The van der Waals surface area contributed by atoms with E-state index in [9.17, 15) is 14.4 Å². The first-order valence-electron chi connectivity index (χ1n) is 10.8. The van der Waals surface area contributed by atoms with Gasteiger partial charge in [-0.05, 0) is 51.1 Å². The second kappa shape index (κ2) is 11.9. The van der Waals surface area contributed by atoms with Gasteiger partial charge in [0.05, 0.1) is 29.5 Å². The van der Waals surface area contributed by atoms with Crippen molar-refractivity contribution in [1.82, 2.24) is 20.1 Å². The molecule has 9 nitrogen and oxygen atoms in total. The molecule has 1 heterocycles. The molecule has 0 saturated carbocycles. The minimum atomic E-state index is -0.590. The Balaban J connectivity index is 1.63. The SMILES string of the molecule is CCn1c(SCC(=O)Nc2ccc(Cl)c(C(=O)OC)c2)nnc1C(C)NC(=O)c1ccc(C)cc1. The summed E-state index contributed by atoms with van der Waals surface area (Å²) in [6, 6.07) is 11.5. The van der Waals surface area contributed by atoms with Crippen LogP contribution < -0.4 is 10.6 Å². The summed E-state index contributed by atoms with van der Waals surface area (Å²) in [5.74, 6) is -0.422. The van der Waals surface area contributed by atoms with Crippen LogP contribution in [0, 0.1) is 6.92 Å². The molecule has 2 aromatic carbocycles. The molecule has 35 heavy (non-hydrogen) atoms. The van der Waals surface area contributed by atoms with Gasteiger partial charge < -0.3 is 19.9 Å². The summed E-state index contributed by atoms with van der Waals surface area (Å²) in [4.78, 5) is 36.9. The molecule has 0 radical (unpaired) electrons. The van der Waals surface area contributed by atoms with Crippen molar-refractivity contribution in [3.05, 3.63) is 70.0 Å². The molecule has 1 atom stereocenters. The molecule has 0 bridgehead atoms. The number of hydrogen-bond acceptors (Lipinski definition) is 7. The maximum atomic E-state index is 12.6. The van der Waals surface area contributed by atoms with Crippen molar-refractivity contribution in [2.24, 2.45) is 0 Å². The number of aromatic nitrogens is 3. The van der Waals surface area contributed by atoms with Crippen LogP contribution in [0.3, 0.4) is 0 Å². The third-order valence-corrected chi connectivity index (χ3v) is 6.39. The van der Waals surface area contributed by atoms with Crippen LogP contribution in [0.1, 0.15) is 52.0 Å². The first-order valence-corrected chi connectivity index (χ1v) is 12.2. The maximum absolute atomic E-state index is 12.6. The number of carbonyl (C=O) groups excluding carboxylic acids is 3. The second-order valence-electron chi connectivity index (χ2n) is 7.67. The van der Waals surface area contributed by atoms with Crippen LogP contribution >= 0.6 is 23.4 Å².